The van der Waals surface area contributed by atoms with Gasteiger partial charge in [-0.1, -0.05) is 24.3 Å². The van der Waals surface area contributed by atoms with E-state index in [1.165, 1.54) is 0 Å². The Morgan fingerprint density at radius 3 is 2.28 bits per heavy atom. The number of fused-ring (bicyclic) bond motifs is 1. The third kappa shape index (κ3) is 4.80. The minimum absolute atomic E-state index is 0. The van der Waals surface area contributed by atoms with Crippen molar-refractivity contribution in [2.24, 2.45) is 11.8 Å². The van der Waals surface area contributed by atoms with E-state index in [1.54, 1.807) is 12.1 Å². The van der Waals surface area contributed by atoms with Gasteiger partial charge in [-0.2, -0.15) is 0 Å². The number of nitrogens with zero attached hydrogens (tertiary/aromatic N) is 1. The van der Waals surface area contributed by atoms with Crippen LogP contribution in [0.1, 0.15) is 39.1 Å². The molecular weight excluding hydrogens is 386 g/mol. The van der Waals surface area contributed by atoms with Gasteiger partial charge in [0.15, 0.2) is 0 Å². The van der Waals surface area contributed by atoms with Gasteiger partial charge >= 0.3 is 0 Å². The van der Waals surface area contributed by atoms with Gasteiger partial charge in [0, 0.05) is 29.9 Å². The normalized spacial score (nSPS) is 20.9. The molecule has 2 aromatic carbocycles. The van der Waals surface area contributed by atoms with Crippen LogP contribution in [0.3, 0.4) is 0 Å². The first-order chi connectivity index (χ1) is 13.6. The molecule has 2 aromatic rings. The SMILES string of the molecule is Cc1ccc(C(=O)N2CC[C@@H]3CNC[C@@H]3CC2)cc1NC(=O)c1ccccc1.Cl. The lowest BCUT2D eigenvalue weighted by molar-refractivity contribution is 0.0758. The highest BCUT2D eigenvalue weighted by Crippen LogP contribution is 2.28. The summed E-state index contributed by atoms with van der Waals surface area (Å²) in [4.78, 5) is 27.6. The van der Waals surface area contributed by atoms with E-state index in [1.807, 2.05) is 48.2 Å². The lowest BCUT2D eigenvalue weighted by Gasteiger charge is -2.21. The van der Waals surface area contributed by atoms with Crippen molar-refractivity contribution in [1.82, 2.24) is 10.2 Å². The molecule has 0 saturated carbocycles. The number of hydrogen-bond acceptors (Lipinski definition) is 3. The fourth-order valence-corrected chi connectivity index (χ4v) is 4.28. The van der Waals surface area contributed by atoms with Crippen molar-refractivity contribution in [2.45, 2.75) is 19.8 Å². The summed E-state index contributed by atoms with van der Waals surface area (Å²) in [5, 5.41) is 6.42. The smallest absolute Gasteiger partial charge is 0.255 e. The largest absolute Gasteiger partial charge is 0.339 e. The Morgan fingerprint density at radius 2 is 1.62 bits per heavy atom. The molecule has 0 bridgehead atoms. The van der Waals surface area contributed by atoms with Crippen molar-refractivity contribution in [3.63, 3.8) is 0 Å². The van der Waals surface area contributed by atoms with Gasteiger partial charge in [-0.05, 0) is 74.5 Å². The maximum atomic E-state index is 13.1. The second kappa shape index (κ2) is 9.42. The van der Waals surface area contributed by atoms with Gasteiger partial charge in [0.2, 0.25) is 0 Å². The molecule has 0 spiro atoms. The summed E-state index contributed by atoms with van der Waals surface area (Å²) >= 11 is 0. The second-order valence-corrected chi connectivity index (χ2v) is 7.90. The third-order valence-electron chi connectivity index (χ3n) is 6.08. The molecule has 4 rings (SSSR count). The topological polar surface area (TPSA) is 61.4 Å². The minimum atomic E-state index is -0.164. The highest BCUT2D eigenvalue weighted by Gasteiger charge is 2.31. The minimum Gasteiger partial charge on any atom is -0.339 e. The molecule has 2 N–H and O–H groups in total. The number of benzene rings is 2. The van der Waals surface area contributed by atoms with E-state index >= 15 is 0 Å². The summed E-state index contributed by atoms with van der Waals surface area (Å²) < 4.78 is 0. The van der Waals surface area contributed by atoms with Gasteiger partial charge in [-0.3, -0.25) is 9.59 Å². The predicted octanol–water partition coefficient (Wildman–Crippen LogP) is 3.74. The van der Waals surface area contributed by atoms with Gasteiger partial charge in [-0.25, -0.2) is 0 Å². The lowest BCUT2D eigenvalue weighted by atomic mass is 9.92. The molecule has 2 fully saturated rings. The maximum Gasteiger partial charge on any atom is 0.255 e. The van der Waals surface area contributed by atoms with Gasteiger partial charge in [0.1, 0.15) is 0 Å². The van der Waals surface area contributed by atoms with Crippen molar-refractivity contribution in [1.29, 1.82) is 0 Å². The van der Waals surface area contributed by atoms with E-state index in [2.05, 4.69) is 10.6 Å². The first-order valence-electron chi connectivity index (χ1n) is 10.1. The Kier molecular flexibility index (Phi) is 6.93. The molecule has 6 heteroatoms. The summed E-state index contributed by atoms with van der Waals surface area (Å²) in [7, 11) is 0. The molecule has 2 amide bonds. The van der Waals surface area contributed by atoms with Crippen molar-refractivity contribution < 1.29 is 9.59 Å². The molecule has 154 valence electrons. The van der Waals surface area contributed by atoms with Crippen LogP contribution in [0.2, 0.25) is 0 Å². The van der Waals surface area contributed by atoms with Crippen LogP contribution in [0.5, 0.6) is 0 Å². The fourth-order valence-electron chi connectivity index (χ4n) is 4.28. The van der Waals surface area contributed by atoms with Crippen molar-refractivity contribution >= 4 is 29.9 Å². The fraction of sp³-hybridized carbons (Fsp3) is 0.391. The lowest BCUT2D eigenvalue weighted by Crippen LogP contribution is -2.32. The van der Waals surface area contributed by atoms with Gasteiger partial charge < -0.3 is 15.5 Å². The summed E-state index contributed by atoms with van der Waals surface area (Å²) in [5.74, 6) is 1.28. The van der Waals surface area contributed by atoms with Crippen LogP contribution in [-0.2, 0) is 0 Å². The zero-order chi connectivity index (χ0) is 19.5. The first kappa shape index (κ1) is 21.3. The molecule has 2 aliphatic rings. The van der Waals surface area contributed by atoms with Crippen LogP contribution in [0.25, 0.3) is 0 Å². The number of carbonyl (C=O) groups excluding carboxylic acids is 2. The first-order valence-corrected chi connectivity index (χ1v) is 10.1. The molecule has 5 nitrogen and oxygen atoms in total. The Balaban J connectivity index is 0.00000240. The number of halogens is 1. The molecule has 2 heterocycles. The third-order valence-corrected chi connectivity index (χ3v) is 6.08. The number of nitrogens with one attached hydrogen (secondary N) is 2. The molecular formula is C23H28ClN3O2. The Hall–Kier alpha value is -2.37. The molecule has 0 unspecified atom stereocenters. The monoisotopic (exact) mass is 413 g/mol. The van der Waals surface area contributed by atoms with Crippen LogP contribution >= 0.6 is 12.4 Å². The van der Waals surface area contributed by atoms with Gasteiger partial charge in [0.05, 0.1) is 0 Å². The van der Waals surface area contributed by atoms with Crippen LogP contribution in [0.15, 0.2) is 48.5 Å². The van der Waals surface area contributed by atoms with E-state index in [0.717, 1.165) is 44.6 Å². The molecule has 2 atom stereocenters. The van der Waals surface area contributed by atoms with Crippen LogP contribution in [0.4, 0.5) is 5.69 Å². The molecule has 0 aliphatic carbocycles. The molecule has 2 saturated heterocycles. The molecule has 0 radical (unpaired) electrons. The molecule has 2 aliphatic heterocycles. The number of likely N-dealkylation sites (tertiary alicyclic amines) is 1. The van der Waals surface area contributed by atoms with Crippen molar-refractivity contribution in [2.75, 3.05) is 31.5 Å². The van der Waals surface area contributed by atoms with Crippen molar-refractivity contribution in [3.05, 3.63) is 65.2 Å². The Bertz CT molecular complexity index is 858. The van der Waals surface area contributed by atoms with E-state index in [4.69, 9.17) is 0 Å². The number of hydrogen-bond donors (Lipinski definition) is 2. The number of anilines is 1. The van der Waals surface area contributed by atoms with Crippen molar-refractivity contribution in [3.8, 4) is 0 Å². The Labute approximate surface area is 178 Å². The summed E-state index contributed by atoms with van der Waals surface area (Å²) in [6.45, 7) is 5.71. The average Bonchev–Trinajstić information content (AvgIpc) is 3.08. The zero-order valence-corrected chi connectivity index (χ0v) is 17.5. The number of aryl methyl sites for hydroxylation is 1. The standard InChI is InChI=1S/C23H27N3O2.ClH/c1-16-7-8-18(13-21(16)25-22(27)17-5-3-2-4-6-17)23(28)26-11-9-19-14-24-15-20(19)10-12-26;/h2-8,13,19-20,24H,9-12,14-15H2,1H3,(H,25,27);1H/t19-,20+;. The zero-order valence-electron chi connectivity index (χ0n) is 16.7. The van der Waals surface area contributed by atoms with Crippen LogP contribution in [-0.4, -0.2) is 42.9 Å². The van der Waals surface area contributed by atoms with E-state index in [-0.39, 0.29) is 24.2 Å². The summed E-state index contributed by atoms with van der Waals surface area (Å²) in [5.41, 5.74) is 2.87. The Morgan fingerprint density at radius 1 is 0.966 bits per heavy atom. The molecule has 29 heavy (non-hydrogen) atoms. The predicted molar refractivity (Wildman–Crippen MR) is 118 cm³/mol. The molecule has 0 aromatic heterocycles. The second-order valence-electron chi connectivity index (χ2n) is 7.90. The maximum absolute atomic E-state index is 13.1. The van der Waals surface area contributed by atoms with Gasteiger partial charge in [0.25, 0.3) is 11.8 Å². The average molecular weight is 414 g/mol. The van der Waals surface area contributed by atoms with E-state index in [9.17, 15) is 9.59 Å². The van der Waals surface area contributed by atoms with E-state index < -0.39 is 0 Å². The van der Waals surface area contributed by atoms with Crippen LogP contribution < -0.4 is 10.6 Å². The number of amides is 2. The number of carbonyl (C=O) groups is 2. The van der Waals surface area contributed by atoms with Gasteiger partial charge in [-0.15, -0.1) is 12.4 Å². The summed E-state index contributed by atoms with van der Waals surface area (Å²) in [6, 6.07) is 14.7. The van der Waals surface area contributed by atoms with Crippen LogP contribution in [0, 0.1) is 18.8 Å². The highest BCUT2D eigenvalue weighted by atomic mass is 35.5. The highest BCUT2D eigenvalue weighted by molar-refractivity contribution is 6.05. The van der Waals surface area contributed by atoms with E-state index in [0.29, 0.717) is 28.7 Å². The quantitative estimate of drug-likeness (QED) is 0.805. The number of rotatable bonds is 3. The summed E-state index contributed by atoms with van der Waals surface area (Å²) in [6.07, 6.45) is 2.12.